The molecule has 128 valence electrons. The van der Waals surface area contributed by atoms with Gasteiger partial charge in [-0.25, -0.2) is 8.42 Å². The summed E-state index contributed by atoms with van der Waals surface area (Å²) in [6.45, 7) is 2.75. The number of sulfone groups is 1. The van der Waals surface area contributed by atoms with Crippen molar-refractivity contribution in [1.29, 1.82) is 0 Å². The van der Waals surface area contributed by atoms with Crippen molar-refractivity contribution >= 4 is 15.7 Å². The van der Waals surface area contributed by atoms with Crippen LogP contribution in [0, 0.1) is 6.92 Å². The molecule has 0 N–H and O–H groups in total. The summed E-state index contributed by atoms with van der Waals surface area (Å²) in [4.78, 5) is 14.3. The van der Waals surface area contributed by atoms with Crippen LogP contribution in [0.15, 0.2) is 35.7 Å². The number of carbonyl (C=O) groups is 1. The maximum absolute atomic E-state index is 12.6. The average Bonchev–Trinajstić information content (AvgIpc) is 3.02. The maximum atomic E-state index is 12.6. The highest BCUT2D eigenvalue weighted by atomic mass is 32.2. The molecule has 0 atom stereocenters. The highest BCUT2D eigenvalue weighted by Crippen LogP contribution is 2.24. The minimum atomic E-state index is -3.52. The molecule has 8 heteroatoms. The Kier molecular flexibility index (Phi) is 4.40. The van der Waals surface area contributed by atoms with Crippen LogP contribution in [0.1, 0.15) is 28.8 Å². The van der Waals surface area contributed by atoms with Gasteiger partial charge in [0.25, 0.3) is 5.91 Å². The van der Waals surface area contributed by atoms with E-state index in [4.69, 9.17) is 0 Å². The van der Waals surface area contributed by atoms with Gasteiger partial charge >= 0.3 is 0 Å². The molecule has 3 rings (SSSR count). The van der Waals surface area contributed by atoms with E-state index in [0.717, 1.165) is 5.56 Å². The average molecular weight is 348 g/mol. The van der Waals surface area contributed by atoms with E-state index < -0.39 is 15.1 Å². The molecule has 1 aromatic heterocycles. The minimum absolute atomic E-state index is 0.00817. The van der Waals surface area contributed by atoms with Gasteiger partial charge in [0.05, 0.1) is 5.25 Å². The minimum Gasteiger partial charge on any atom is -0.339 e. The number of rotatable bonds is 3. The molecule has 7 nitrogen and oxygen atoms in total. The zero-order valence-corrected chi connectivity index (χ0v) is 14.5. The Bertz CT molecular complexity index is 852. The highest BCUT2D eigenvalue weighted by Gasteiger charge is 2.35. The Balaban J connectivity index is 1.71. The summed E-state index contributed by atoms with van der Waals surface area (Å²) < 4.78 is 26.7. The molecule has 0 spiro atoms. The summed E-state index contributed by atoms with van der Waals surface area (Å²) in [5, 5.41) is 6.83. The fourth-order valence-corrected chi connectivity index (χ4v) is 4.77. The van der Waals surface area contributed by atoms with Crippen LogP contribution in [0.25, 0.3) is 0 Å². The van der Waals surface area contributed by atoms with Crippen LogP contribution in [-0.2, 0) is 16.9 Å². The molecule has 0 unspecified atom stereocenters. The van der Waals surface area contributed by atoms with Crippen LogP contribution >= 0.6 is 0 Å². The van der Waals surface area contributed by atoms with Gasteiger partial charge in [-0.15, -0.1) is 10.2 Å². The number of aromatic nitrogens is 3. The van der Waals surface area contributed by atoms with E-state index in [1.807, 2.05) is 25.1 Å². The topological polar surface area (TPSA) is 85.2 Å². The second-order valence-electron chi connectivity index (χ2n) is 6.08. The van der Waals surface area contributed by atoms with Crippen molar-refractivity contribution in [3.8, 4) is 0 Å². The van der Waals surface area contributed by atoms with Gasteiger partial charge in [-0.3, -0.25) is 4.79 Å². The number of nitrogens with zero attached hydrogens (tertiary/aromatic N) is 4. The van der Waals surface area contributed by atoms with Crippen LogP contribution < -0.4 is 0 Å². The van der Waals surface area contributed by atoms with Crippen molar-refractivity contribution in [2.75, 3.05) is 13.1 Å². The fourth-order valence-electron chi connectivity index (χ4n) is 3.03. The van der Waals surface area contributed by atoms with Gasteiger partial charge < -0.3 is 9.47 Å². The number of piperidine rings is 1. The van der Waals surface area contributed by atoms with Gasteiger partial charge in [0.1, 0.15) is 6.33 Å². The van der Waals surface area contributed by atoms with Gasteiger partial charge in [0.2, 0.25) is 15.0 Å². The zero-order chi connectivity index (χ0) is 17.3. The van der Waals surface area contributed by atoms with Gasteiger partial charge in [-0.2, -0.15) is 0 Å². The van der Waals surface area contributed by atoms with E-state index in [2.05, 4.69) is 10.2 Å². The van der Waals surface area contributed by atoms with Crippen molar-refractivity contribution in [3.63, 3.8) is 0 Å². The monoisotopic (exact) mass is 348 g/mol. The second-order valence-corrected chi connectivity index (χ2v) is 8.20. The highest BCUT2D eigenvalue weighted by molar-refractivity contribution is 7.91. The Labute approximate surface area is 141 Å². The van der Waals surface area contributed by atoms with Crippen LogP contribution in [0.2, 0.25) is 0 Å². The molecule has 1 saturated heterocycles. The van der Waals surface area contributed by atoms with Gasteiger partial charge in [0, 0.05) is 25.7 Å². The number of amides is 1. The fraction of sp³-hybridized carbons (Fsp3) is 0.438. The van der Waals surface area contributed by atoms with E-state index in [1.54, 1.807) is 18.0 Å². The zero-order valence-electron chi connectivity index (χ0n) is 13.7. The lowest BCUT2D eigenvalue weighted by atomic mass is 10.1. The molecule has 24 heavy (non-hydrogen) atoms. The molecule has 0 bridgehead atoms. The van der Waals surface area contributed by atoms with Crippen LogP contribution in [0.5, 0.6) is 0 Å². The molecule has 1 aliphatic heterocycles. The SMILES string of the molecule is Cc1ccccc1C(=O)N1CCC(S(=O)(=O)c2nncn2C)CC1. The van der Waals surface area contributed by atoms with E-state index >= 15 is 0 Å². The number of aryl methyl sites for hydroxylation is 2. The summed E-state index contributed by atoms with van der Waals surface area (Å²) in [7, 11) is -1.91. The molecule has 1 amide bonds. The molecule has 0 radical (unpaired) electrons. The molecule has 2 heterocycles. The van der Waals surface area contributed by atoms with Crippen LogP contribution in [0.4, 0.5) is 0 Å². The lowest BCUT2D eigenvalue weighted by molar-refractivity contribution is 0.0725. The Morgan fingerprint density at radius 1 is 1.21 bits per heavy atom. The molecule has 0 saturated carbocycles. The Morgan fingerprint density at radius 2 is 1.88 bits per heavy atom. The Morgan fingerprint density at radius 3 is 2.46 bits per heavy atom. The molecule has 2 aromatic rings. The standard InChI is InChI=1S/C16H20N4O3S/c1-12-5-3-4-6-14(12)15(21)20-9-7-13(8-10-20)24(22,23)16-18-17-11-19(16)2/h3-6,11,13H,7-10H2,1-2H3. The van der Waals surface area contributed by atoms with E-state index in [1.165, 1.54) is 10.9 Å². The maximum Gasteiger partial charge on any atom is 0.254 e. The van der Waals surface area contributed by atoms with Crippen molar-refractivity contribution < 1.29 is 13.2 Å². The summed E-state index contributed by atoms with van der Waals surface area (Å²) in [6, 6.07) is 7.44. The number of carbonyl (C=O) groups excluding carboxylic acids is 1. The van der Waals surface area contributed by atoms with E-state index in [0.29, 0.717) is 31.5 Å². The van der Waals surface area contributed by atoms with Gasteiger partial charge in [0.15, 0.2) is 0 Å². The first-order chi connectivity index (χ1) is 11.4. The summed E-state index contributed by atoms with van der Waals surface area (Å²) >= 11 is 0. The second kappa shape index (κ2) is 6.35. The largest absolute Gasteiger partial charge is 0.339 e. The van der Waals surface area contributed by atoms with E-state index in [9.17, 15) is 13.2 Å². The molecule has 1 aliphatic rings. The number of hydrogen-bond acceptors (Lipinski definition) is 5. The normalized spacial score (nSPS) is 16.3. The predicted octanol–water partition coefficient (Wildman–Crippen LogP) is 1.20. The van der Waals surface area contributed by atoms with Crippen LogP contribution in [-0.4, -0.2) is 52.3 Å². The first-order valence-corrected chi connectivity index (χ1v) is 9.38. The first kappa shape index (κ1) is 16.6. The van der Waals surface area contributed by atoms with Crippen molar-refractivity contribution in [3.05, 3.63) is 41.7 Å². The lowest BCUT2D eigenvalue weighted by Crippen LogP contribution is -2.43. The summed E-state index contributed by atoms with van der Waals surface area (Å²) in [5.74, 6) is -0.0393. The molecular formula is C16H20N4O3S. The quantitative estimate of drug-likeness (QED) is 0.832. The third-order valence-corrected chi connectivity index (χ3v) is 6.70. The third kappa shape index (κ3) is 2.93. The number of hydrogen-bond donors (Lipinski definition) is 0. The van der Waals surface area contributed by atoms with Crippen molar-refractivity contribution in [1.82, 2.24) is 19.7 Å². The lowest BCUT2D eigenvalue weighted by Gasteiger charge is -2.31. The Hall–Kier alpha value is -2.22. The third-order valence-electron chi connectivity index (χ3n) is 4.47. The first-order valence-electron chi connectivity index (χ1n) is 7.84. The van der Waals surface area contributed by atoms with Crippen LogP contribution in [0.3, 0.4) is 0 Å². The van der Waals surface area contributed by atoms with E-state index in [-0.39, 0.29) is 11.1 Å². The van der Waals surface area contributed by atoms with Gasteiger partial charge in [-0.1, -0.05) is 18.2 Å². The molecule has 1 aromatic carbocycles. The van der Waals surface area contributed by atoms with Gasteiger partial charge in [-0.05, 0) is 31.4 Å². The summed E-state index contributed by atoms with van der Waals surface area (Å²) in [6.07, 6.45) is 2.20. The molecule has 0 aliphatic carbocycles. The number of likely N-dealkylation sites (tertiary alicyclic amines) is 1. The number of benzene rings is 1. The smallest absolute Gasteiger partial charge is 0.254 e. The molecule has 1 fully saturated rings. The summed E-state index contributed by atoms with van der Waals surface area (Å²) in [5.41, 5.74) is 1.60. The molecular weight excluding hydrogens is 328 g/mol. The van der Waals surface area contributed by atoms with Crippen molar-refractivity contribution in [2.45, 2.75) is 30.2 Å². The predicted molar refractivity (Wildman–Crippen MR) is 88.3 cm³/mol. The van der Waals surface area contributed by atoms with Crippen molar-refractivity contribution in [2.24, 2.45) is 7.05 Å².